The van der Waals surface area contributed by atoms with Gasteiger partial charge in [-0.2, -0.15) is 0 Å². The van der Waals surface area contributed by atoms with Gasteiger partial charge < -0.3 is 16.0 Å². The summed E-state index contributed by atoms with van der Waals surface area (Å²) in [5.74, 6) is 0.388. The highest BCUT2D eigenvalue weighted by atomic mass is 16.1. The molecule has 0 aromatic carbocycles. The zero-order valence-corrected chi connectivity index (χ0v) is 12.9. The SMILES string of the molecule is CN(CCCNC(=O)C1CCC(N)C1)C1CCCCC1. The summed E-state index contributed by atoms with van der Waals surface area (Å²) in [6.45, 7) is 1.90. The predicted molar refractivity (Wildman–Crippen MR) is 82.4 cm³/mol. The number of nitrogens with one attached hydrogen (secondary N) is 1. The van der Waals surface area contributed by atoms with Crippen LogP contribution in [0.4, 0.5) is 0 Å². The van der Waals surface area contributed by atoms with E-state index in [1.807, 2.05) is 0 Å². The van der Waals surface area contributed by atoms with Gasteiger partial charge in [0.1, 0.15) is 0 Å². The average molecular weight is 281 g/mol. The topological polar surface area (TPSA) is 58.4 Å². The summed E-state index contributed by atoms with van der Waals surface area (Å²) in [6, 6.07) is 1.01. The summed E-state index contributed by atoms with van der Waals surface area (Å²) < 4.78 is 0. The maximum absolute atomic E-state index is 12.0. The van der Waals surface area contributed by atoms with Crippen LogP contribution >= 0.6 is 0 Å². The molecule has 0 aliphatic heterocycles. The van der Waals surface area contributed by atoms with E-state index in [0.717, 1.165) is 44.8 Å². The Balaban J connectivity index is 1.55. The fourth-order valence-corrected chi connectivity index (χ4v) is 3.64. The zero-order chi connectivity index (χ0) is 14.4. The van der Waals surface area contributed by atoms with Crippen LogP contribution in [-0.4, -0.2) is 43.0 Å². The van der Waals surface area contributed by atoms with E-state index in [1.165, 1.54) is 32.1 Å². The van der Waals surface area contributed by atoms with Gasteiger partial charge >= 0.3 is 0 Å². The van der Waals surface area contributed by atoms with Crippen molar-refractivity contribution in [3.8, 4) is 0 Å². The number of nitrogens with zero attached hydrogens (tertiary/aromatic N) is 1. The molecule has 2 atom stereocenters. The van der Waals surface area contributed by atoms with Gasteiger partial charge in [0.25, 0.3) is 0 Å². The standard InChI is InChI=1S/C16H31N3O/c1-19(15-6-3-2-4-7-15)11-5-10-18-16(20)13-8-9-14(17)12-13/h13-15H,2-12,17H2,1H3,(H,18,20). The number of carbonyl (C=O) groups excluding carboxylic acids is 1. The number of nitrogens with two attached hydrogens (primary N) is 1. The molecule has 2 unspecified atom stereocenters. The lowest BCUT2D eigenvalue weighted by Crippen LogP contribution is -2.36. The minimum atomic E-state index is 0.168. The minimum Gasteiger partial charge on any atom is -0.356 e. The van der Waals surface area contributed by atoms with E-state index in [1.54, 1.807) is 0 Å². The molecule has 0 bridgehead atoms. The number of hydrogen-bond acceptors (Lipinski definition) is 3. The molecule has 3 N–H and O–H groups in total. The van der Waals surface area contributed by atoms with Crippen molar-refractivity contribution in [2.24, 2.45) is 11.7 Å². The van der Waals surface area contributed by atoms with E-state index < -0.39 is 0 Å². The van der Waals surface area contributed by atoms with Crippen molar-refractivity contribution in [3.05, 3.63) is 0 Å². The average Bonchev–Trinajstić information content (AvgIpc) is 2.91. The highest BCUT2D eigenvalue weighted by Crippen LogP contribution is 2.24. The van der Waals surface area contributed by atoms with Gasteiger partial charge in [-0.3, -0.25) is 4.79 Å². The van der Waals surface area contributed by atoms with Gasteiger partial charge in [-0.25, -0.2) is 0 Å². The molecule has 0 heterocycles. The molecule has 0 spiro atoms. The summed E-state index contributed by atoms with van der Waals surface area (Å²) in [7, 11) is 2.23. The summed E-state index contributed by atoms with van der Waals surface area (Å²) in [4.78, 5) is 14.4. The van der Waals surface area contributed by atoms with Gasteiger partial charge in [0.2, 0.25) is 5.91 Å². The Morgan fingerprint density at radius 2 is 1.95 bits per heavy atom. The first-order valence-electron chi connectivity index (χ1n) is 8.40. The van der Waals surface area contributed by atoms with Crippen LogP contribution in [0.1, 0.15) is 57.8 Å². The Morgan fingerprint density at radius 1 is 1.20 bits per heavy atom. The zero-order valence-electron chi connectivity index (χ0n) is 12.9. The molecule has 4 heteroatoms. The molecule has 2 fully saturated rings. The van der Waals surface area contributed by atoms with E-state index in [9.17, 15) is 4.79 Å². The molecule has 1 amide bonds. The molecule has 2 aliphatic carbocycles. The van der Waals surface area contributed by atoms with Gasteiger partial charge in [0, 0.05) is 24.5 Å². The van der Waals surface area contributed by atoms with Crippen LogP contribution in [-0.2, 0) is 4.79 Å². The van der Waals surface area contributed by atoms with Crippen LogP contribution in [0.2, 0.25) is 0 Å². The maximum atomic E-state index is 12.0. The monoisotopic (exact) mass is 281 g/mol. The van der Waals surface area contributed by atoms with Crippen LogP contribution in [0.5, 0.6) is 0 Å². The second-order valence-corrected chi connectivity index (χ2v) is 6.69. The van der Waals surface area contributed by atoms with Crippen molar-refractivity contribution in [1.82, 2.24) is 10.2 Å². The van der Waals surface area contributed by atoms with Gasteiger partial charge in [0.05, 0.1) is 0 Å². The Bertz CT molecular complexity index is 302. The number of amides is 1. The maximum Gasteiger partial charge on any atom is 0.223 e. The van der Waals surface area contributed by atoms with Crippen molar-refractivity contribution in [3.63, 3.8) is 0 Å². The van der Waals surface area contributed by atoms with Crippen LogP contribution in [0.15, 0.2) is 0 Å². The number of carbonyl (C=O) groups is 1. The Hall–Kier alpha value is -0.610. The molecule has 0 saturated heterocycles. The molecule has 4 nitrogen and oxygen atoms in total. The molecule has 2 saturated carbocycles. The Morgan fingerprint density at radius 3 is 2.60 bits per heavy atom. The first-order chi connectivity index (χ1) is 9.66. The molecule has 116 valence electrons. The van der Waals surface area contributed by atoms with Crippen LogP contribution < -0.4 is 11.1 Å². The van der Waals surface area contributed by atoms with Crippen LogP contribution in [0.25, 0.3) is 0 Å². The Kier molecular flexibility index (Phi) is 6.30. The van der Waals surface area contributed by atoms with E-state index in [4.69, 9.17) is 5.73 Å². The normalized spacial score (nSPS) is 27.9. The largest absolute Gasteiger partial charge is 0.356 e. The van der Waals surface area contributed by atoms with Gasteiger partial charge in [-0.15, -0.1) is 0 Å². The molecular formula is C16H31N3O. The smallest absolute Gasteiger partial charge is 0.223 e. The first-order valence-corrected chi connectivity index (χ1v) is 8.40. The van der Waals surface area contributed by atoms with Crippen molar-refractivity contribution in [2.45, 2.75) is 69.9 Å². The van der Waals surface area contributed by atoms with Crippen molar-refractivity contribution < 1.29 is 4.79 Å². The lowest BCUT2D eigenvalue weighted by Gasteiger charge is -2.31. The molecule has 2 aliphatic rings. The summed E-state index contributed by atoms with van der Waals surface area (Å²) >= 11 is 0. The number of rotatable bonds is 6. The minimum absolute atomic E-state index is 0.168. The molecule has 0 aromatic rings. The fraction of sp³-hybridized carbons (Fsp3) is 0.938. The van der Waals surface area contributed by atoms with E-state index in [-0.39, 0.29) is 17.9 Å². The van der Waals surface area contributed by atoms with E-state index in [0.29, 0.717) is 0 Å². The van der Waals surface area contributed by atoms with Gasteiger partial charge in [-0.05, 0) is 52.1 Å². The van der Waals surface area contributed by atoms with E-state index in [2.05, 4.69) is 17.3 Å². The van der Waals surface area contributed by atoms with E-state index >= 15 is 0 Å². The first kappa shape index (κ1) is 15.8. The summed E-state index contributed by atoms with van der Waals surface area (Å²) in [6.07, 6.45) is 10.8. The predicted octanol–water partition coefficient (Wildman–Crippen LogP) is 1.88. The second-order valence-electron chi connectivity index (χ2n) is 6.69. The molecular weight excluding hydrogens is 250 g/mol. The van der Waals surface area contributed by atoms with Gasteiger partial charge in [0.15, 0.2) is 0 Å². The summed E-state index contributed by atoms with van der Waals surface area (Å²) in [5, 5.41) is 3.08. The third-order valence-corrected chi connectivity index (χ3v) is 5.03. The third-order valence-electron chi connectivity index (χ3n) is 5.03. The molecule has 0 aromatic heterocycles. The number of hydrogen-bond donors (Lipinski definition) is 2. The quantitative estimate of drug-likeness (QED) is 0.731. The van der Waals surface area contributed by atoms with Crippen molar-refractivity contribution in [1.29, 1.82) is 0 Å². The van der Waals surface area contributed by atoms with Crippen LogP contribution in [0, 0.1) is 5.92 Å². The van der Waals surface area contributed by atoms with Crippen molar-refractivity contribution >= 4 is 5.91 Å². The lowest BCUT2D eigenvalue weighted by molar-refractivity contribution is -0.124. The molecule has 20 heavy (non-hydrogen) atoms. The Labute approximate surface area is 123 Å². The highest BCUT2D eigenvalue weighted by Gasteiger charge is 2.27. The lowest BCUT2D eigenvalue weighted by atomic mass is 9.94. The van der Waals surface area contributed by atoms with Gasteiger partial charge in [-0.1, -0.05) is 19.3 Å². The third kappa shape index (κ3) is 4.74. The fourth-order valence-electron chi connectivity index (χ4n) is 3.64. The summed E-state index contributed by atoms with van der Waals surface area (Å²) in [5.41, 5.74) is 5.85. The molecule has 0 radical (unpaired) electrons. The highest BCUT2D eigenvalue weighted by molar-refractivity contribution is 5.78. The second kappa shape index (κ2) is 7.99. The van der Waals surface area contributed by atoms with Crippen molar-refractivity contribution in [2.75, 3.05) is 20.1 Å². The van der Waals surface area contributed by atoms with Crippen LogP contribution in [0.3, 0.4) is 0 Å². The molecule has 2 rings (SSSR count).